The minimum Gasteiger partial charge on any atom is -0.351 e. The Morgan fingerprint density at radius 1 is 1.27 bits per heavy atom. The molecule has 0 fully saturated rings. The third kappa shape index (κ3) is 4.15. The summed E-state index contributed by atoms with van der Waals surface area (Å²) >= 11 is 1.77. The molecule has 0 saturated heterocycles. The van der Waals surface area contributed by atoms with Gasteiger partial charge >= 0.3 is 0 Å². The summed E-state index contributed by atoms with van der Waals surface area (Å²) in [6.07, 6.45) is 0.976. The molecule has 2 aromatic rings. The molecule has 0 saturated carbocycles. The largest absolute Gasteiger partial charge is 0.351 e. The van der Waals surface area contributed by atoms with Crippen molar-refractivity contribution in [1.82, 2.24) is 14.5 Å². The van der Waals surface area contributed by atoms with Gasteiger partial charge in [-0.3, -0.25) is 9.69 Å². The average molecular weight is 394 g/mol. The van der Waals surface area contributed by atoms with E-state index in [4.69, 9.17) is 0 Å². The van der Waals surface area contributed by atoms with E-state index in [-0.39, 0.29) is 17.3 Å². The molecule has 1 amide bonds. The van der Waals surface area contributed by atoms with Gasteiger partial charge in [-0.25, -0.2) is 12.7 Å². The van der Waals surface area contributed by atoms with E-state index in [0.717, 1.165) is 19.5 Å². The maximum Gasteiger partial charge on any atom is 0.242 e. The molecule has 0 spiro atoms. The van der Waals surface area contributed by atoms with Gasteiger partial charge in [0, 0.05) is 38.6 Å². The van der Waals surface area contributed by atoms with Crippen molar-refractivity contribution in [3.05, 3.63) is 51.7 Å². The van der Waals surface area contributed by atoms with Crippen LogP contribution in [0.3, 0.4) is 0 Å². The average Bonchev–Trinajstić information content (AvgIpc) is 3.07. The first-order valence-electron chi connectivity index (χ1n) is 8.42. The highest BCUT2D eigenvalue weighted by Gasteiger charge is 2.22. The predicted octanol–water partition coefficient (Wildman–Crippen LogP) is 1.67. The van der Waals surface area contributed by atoms with Crippen molar-refractivity contribution < 1.29 is 13.2 Å². The molecule has 1 aromatic heterocycles. The highest BCUT2D eigenvalue weighted by atomic mass is 32.2. The van der Waals surface area contributed by atoms with Gasteiger partial charge in [0.15, 0.2) is 0 Å². The Labute approximate surface area is 158 Å². The third-order valence-corrected chi connectivity index (χ3v) is 7.40. The number of nitrogens with one attached hydrogen (secondary N) is 1. The van der Waals surface area contributed by atoms with Crippen molar-refractivity contribution in [2.75, 3.05) is 27.2 Å². The number of thiophene rings is 1. The van der Waals surface area contributed by atoms with Crippen LogP contribution >= 0.6 is 11.3 Å². The molecule has 1 aromatic carbocycles. The molecule has 3 rings (SSSR count). The lowest BCUT2D eigenvalue weighted by atomic mass is 10.1. The van der Waals surface area contributed by atoms with Gasteiger partial charge in [0.25, 0.3) is 0 Å². The molecule has 0 atom stereocenters. The predicted molar refractivity (Wildman–Crippen MR) is 102 cm³/mol. The Bertz CT molecular complexity index is 891. The van der Waals surface area contributed by atoms with E-state index in [2.05, 4.69) is 21.7 Å². The first-order chi connectivity index (χ1) is 12.4. The van der Waals surface area contributed by atoms with Gasteiger partial charge in [0.2, 0.25) is 15.9 Å². The van der Waals surface area contributed by atoms with E-state index in [1.54, 1.807) is 35.6 Å². The maximum atomic E-state index is 12.4. The van der Waals surface area contributed by atoms with Crippen molar-refractivity contribution in [1.29, 1.82) is 0 Å². The second kappa shape index (κ2) is 7.87. The number of hydrogen-bond donors (Lipinski definition) is 1. The summed E-state index contributed by atoms with van der Waals surface area (Å²) in [5, 5.41) is 4.95. The maximum absolute atomic E-state index is 12.4. The van der Waals surface area contributed by atoms with E-state index in [1.165, 1.54) is 28.8 Å². The van der Waals surface area contributed by atoms with Gasteiger partial charge in [-0.05, 0) is 35.1 Å². The summed E-state index contributed by atoms with van der Waals surface area (Å²) in [5.74, 6) is -0.0965. The van der Waals surface area contributed by atoms with Gasteiger partial charge in [-0.15, -0.1) is 11.3 Å². The van der Waals surface area contributed by atoms with Gasteiger partial charge in [-0.2, -0.15) is 0 Å². The zero-order valence-electron chi connectivity index (χ0n) is 14.9. The van der Waals surface area contributed by atoms with Gasteiger partial charge in [0.1, 0.15) is 0 Å². The number of benzene rings is 1. The van der Waals surface area contributed by atoms with Gasteiger partial charge in [-0.1, -0.05) is 18.2 Å². The Morgan fingerprint density at radius 3 is 2.81 bits per heavy atom. The molecule has 2 heterocycles. The molecule has 0 radical (unpaired) electrons. The molecule has 0 aliphatic carbocycles. The van der Waals surface area contributed by atoms with Crippen molar-refractivity contribution in [2.45, 2.75) is 24.4 Å². The number of fused-ring (bicyclic) bond motifs is 1. The Hall–Kier alpha value is -1.74. The van der Waals surface area contributed by atoms with Crippen LogP contribution in [0.1, 0.15) is 16.0 Å². The Kier molecular flexibility index (Phi) is 5.76. The second-order valence-corrected chi connectivity index (χ2v) is 9.62. The summed E-state index contributed by atoms with van der Waals surface area (Å²) in [6.45, 7) is 2.17. The van der Waals surface area contributed by atoms with E-state index in [0.29, 0.717) is 12.1 Å². The van der Waals surface area contributed by atoms with E-state index in [1.807, 2.05) is 0 Å². The third-order valence-electron chi connectivity index (χ3n) is 4.46. The van der Waals surface area contributed by atoms with Crippen molar-refractivity contribution >= 4 is 27.3 Å². The van der Waals surface area contributed by atoms with Crippen molar-refractivity contribution in [2.24, 2.45) is 0 Å². The number of nitrogens with zero attached hydrogens (tertiary/aromatic N) is 2. The highest BCUT2D eigenvalue weighted by Crippen LogP contribution is 2.23. The van der Waals surface area contributed by atoms with Crippen LogP contribution in [0.25, 0.3) is 0 Å². The first kappa shape index (κ1) is 19.0. The van der Waals surface area contributed by atoms with Crippen LogP contribution in [-0.2, 0) is 34.3 Å². The minimum absolute atomic E-state index is 0.0965. The molecule has 1 N–H and O–H groups in total. The second-order valence-electron chi connectivity index (χ2n) is 6.50. The normalized spacial score (nSPS) is 15.0. The topological polar surface area (TPSA) is 69.7 Å². The van der Waals surface area contributed by atoms with Gasteiger partial charge in [0.05, 0.1) is 11.4 Å². The van der Waals surface area contributed by atoms with Crippen LogP contribution in [0.2, 0.25) is 0 Å². The van der Waals surface area contributed by atoms with Crippen LogP contribution in [0.15, 0.2) is 40.6 Å². The van der Waals surface area contributed by atoms with Crippen molar-refractivity contribution in [3.63, 3.8) is 0 Å². The lowest BCUT2D eigenvalue weighted by Crippen LogP contribution is -2.39. The molecular formula is C18H23N3O3S2. The fourth-order valence-electron chi connectivity index (χ4n) is 2.99. The standard InChI is InChI=1S/C18H23N3O3S2/c1-20(2)26(23,24)17-6-4-3-5-14(17)11-19-18(22)13-21-9-7-16-15(12-21)8-10-25-16/h3-6,8,10H,7,9,11-13H2,1-2H3,(H,19,22). The molecule has 0 unspecified atom stereocenters. The lowest BCUT2D eigenvalue weighted by Gasteiger charge is -2.26. The number of rotatable bonds is 6. The van der Waals surface area contributed by atoms with Crippen molar-refractivity contribution in [3.8, 4) is 0 Å². The summed E-state index contributed by atoms with van der Waals surface area (Å²) in [7, 11) is -0.537. The smallest absolute Gasteiger partial charge is 0.242 e. The molecule has 140 valence electrons. The number of carbonyl (C=O) groups excluding carboxylic acids is 1. The van der Waals surface area contributed by atoms with E-state index >= 15 is 0 Å². The fourth-order valence-corrected chi connectivity index (χ4v) is 5.00. The SMILES string of the molecule is CN(C)S(=O)(=O)c1ccccc1CNC(=O)CN1CCc2sccc2C1. The summed E-state index contributed by atoms with van der Waals surface area (Å²) in [5.41, 5.74) is 1.89. The summed E-state index contributed by atoms with van der Waals surface area (Å²) in [4.78, 5) is 16.1. The number of hydrogen-bond acceptors (Lipinski definition) is 5. The Morgan fingerprint density at radius 2 is 2.04 bits per heavy atom. The van der Waals surface area contributed by atoms with E-state index < -0.39 is 10.0 Å². The molecule has 8 heteroatoms. The van der Waals surface area contributed by atoms with Crippen LogP contribution in [-0.4, -0.2) is 50.7 Å². The highest BCUT2D eigenvalue weighted by molar-refractivity contribution is 7.89. The van der Waals surface area contributed by atoms with Gasteiger partial charge < -0.3 is 5.32 Å². The zero-order valence-corrected chi connectivity index (χ0v) is 16.6. The number of carbonyl (C=O) groups is 1. The van der Waals surface area contributed by atoms with Crippen LogP contribution in [0.5, 0.6) is 0 Å². The first-order valence-corrected chi connectivity index (χ1v) is 10.7. The molecule has 26 heavy (non-hydrogen) atoms. The quantitative estimate of drug-likeness (QED) is 0.811. The number of sulfonamides is 1. The molecule has 1 aliphatic rings. The molecule has 6 nitrogen and oxygen atoms in total. The van der Waals surface area contributed by atoms with Crippen LogP contribution < -0.4 is 5.32 Å². The number of amides is 1. The van der Waals surface area contributed by atoms with E-state index in [9.17, 15) is 13.2 Å². The summed E-state index contributed by atoms with van der Waals surface area (Å²) in [6, 6.07) is 8.88. The lowest BCUT2D eigenvalue weighted by molar-refractivity contribution is -0.122. The van der Waals surface area contributed by atoms with Crippen LogP contribution in [0, 0.1) is 0 Å². The molecular weight excluding hydrogens is 370 g/mol. The Balaban J connectivity index is 1.61. The summed E-state index contributed by atoms with van der Waals surface area (Å²) < 4.78 is 26.0. The zero-order chi connectivity index (χ0) is 18.7. The monoisotopic (exact) mass is 393 g/mol. The molecule has 1 aliphatic heterocycles. The van der Waals surface area contributed by atoms with Crippen LogP contribution in [0.4, 0.5) is 0 Å². The minimum atomic E-state index is -3.54. The molecule has 0 bridgehead atoms. The fraction of sp³-hybridized carbons (Fsp3) is 0.389.